The van der Waals surface area contributed by atoms with Crippen LogP contribution in [0.2, 0.25) is 0 Å². The summed E-state index contributed by atoms with van der Waals surface area (Å²) in [7, 11) is 0. The van der Waals surface area contributed by atoms with Crippen LogP contribution in [0.4, 0.5) is 0 Å². The summed E-state index contributed by atoms with van der Waals surface area (Å²) in [5.41, 5.74) is 2.24. The molecular formula is C14H22N6S. The normalized spacial score (nSPS) is 12.1. The minimum Gasteiger partial charge on any atom is -0.359 e. The van der Waals surface area contributed by atoms with Crippen molar-refractivity contribution in [1.29, 1.82) is 0 Å². The Morgan fingerprint density at radius 1 is 1.33 bits per heavy atom. The number of nitrogens with one attached hydrogen (secondary N) is 2. The number of hydrogen-bond acceptors (Lipinski definition) is 3. The predicted octanol–water partition coefficient (Wildman–Crippen LogP) is 1.84. The first-order valence-corrected chi connectivity index (χ1v) is 7.62. The molecule has 0 saturated heterocycles. The summed E-state index contributed by atoms with van der Waals surface area (Å²) in [5, 5.41) is 15.6. The molecule has 0 radical (unpaired) electrons. The van der Waals surface area contributed by atoms with Crippen LogP contribution in [-0.2, 0) is 19.6 Å². The number of hydrogen-bond donors (Lipinski definition) is 2. The predicted molar refractivity (Wildman–Crippen MR) is 86.8 cm³/mol. The van der Waals surface area contributed by atoms with E-state index in [2.05, 4.69) is 41.6 Å². The third-order valence-electron chi connectivity index (χ3n) is 3.30. The Balaban J connectivity index is 1.84. The number of nitrogens with zero attached hydrogens (tertiary/aromatic N) is 4. The van der Waals surface area contributed by atoms with Crippen molar-refractivity contribution in [2.24, 2.45) is 0 Å². The van der Waals surface area contributed by atoms with E-state index in [1.54, 1.807) is 0 Å². The quantitative estimate of drug-likeness (QED) is 0.798. The highest BCUT2D eigenvalue weighted by Crippen LogP contribution is 2.11. The minimum absolute atomic E-state index is 0.116. The summed E-state index contributed by atoms with van der Waals surface area (Å²) in [6.45, 7) is 8.61. The Hall–Kier alpha value is -1.89. The Bertz CT molecular complexity index is 588. The van der Waals surface area contributed by atoms with Gasteiger partial charge in [-0.2, -0.15) is 10.2 Å². The van der Waals surface area contributed by atoms with Crippen LogP contribution >= 0.6 is 12.2 Å². The lowest BCUT2D eigenvalue weighted by atomic mass is 10.2. The molecule has 0 fully saturated rings. The van der Waals surface area contributed by atoms with Crippen molar-refractivity contribution in [3.63, 3.8) is 0 Å². The maximum absolute atomic E-state index is 5.34. The van der Waals surface area contributed by atoms with E-state index in [0.717, 1.165) is 24.3 Å². The lowest BCUT2D eigenvalue weighted by molar-refractivity contribution is 0.563. The molecule has 21 heavy (non-hydrogen) atoms. The summed E-state index contributed by atoms with van der Waals surface area (Å²) < 4.78 is 3.86. The van der Waals surface area contributed by atoms with E-state index in [0.29, 0.717) is 11.7 Å². The minimum atomic E-state index is 0.116. The lowest BCUT2D eigenvalue weighted by Gasteiger charge is -2.17. The molecule has 1 atom stereocenters. The molecule has 2 aromatic heterocycles. The van der Waals surface area contributed by atoms with Crippen LogP contribution in [0.15, 0.2) is 24.7 Å². The highest BCUT2D eigenvalue weighted by atomic mass is 32.1. The summed E-state index contributed by atoms with van der Waals surface area (Å²) in [6.07, 6.45) is 5.69. The van der Waals surface area contributed by atoms with Gasteiger partial charge in [0.1, 0.15) is 0 Å². The molecule has 0 amide bonds. The van der Waals surface area contributed by atoms with Crippen LogP contribution in [0.1, 0.15) is 38.1 Å². The van der Waals surface area contributed by atoms with Crippen molar-refractivity contribution < 1.29 is 0 Å². The van der Waals surface area contributed by atoms with Gasteiger partial charge in [-0.05, 0) is 39.1 Å². The fraction of sp³-hybridized carbons (Fsp3) is 0.500. The first-order valence-electron chi connectivity index (χ1n) is 7.21. The van der Waals surface area contributed by atoms with Gasteiger partial charge in [0.25, 0.3) is 0 Å². The largest absolute Gasteiger partial charge is 0.359 e. The summed E-state index contributed by atoms with van der Waals surface area (Å²) in [6, 6.07) is 2.13. The monoisotopic (exact) mass is 306 g/mol. The molecule has 0 bridgehead atoms. The molecule has 7 heteroatoms. The van der Waals surface area contributed by atoms with Crippen molar-refractivity contribution in [3.8, 4) is 0 Å². The van der Waals surface area contributed by atoms with Crippen LogP contribution in [0.25, 0.3) is 0 Å². The highest BCUT2D eigenvalue weighted by molar-refractivity contribution is 7.80. The Labute approximate surface area is 130 Å². The van der Waals surface area contributed by atoms with Gasteiger partial charge in [-0.3, -0.25) is 9.36 Å². The van der Waals surface area contributed by atoms with Gasteiger partial charge >= 0.3 is 0 Å². The average Bonchev–Trinajstić information content (AvgIpc) is 3.13. The molecule has 6 nitrogen and oxygen atoms in total. The van der Waals surface area contributed by atoms with Gasteiger partial charge in [0.15, 0.2) is 5.11 Å². The van der Waals surface area contributed by atoms with Gasteiger partial charge in [0.2, 0.25) is 0 Å². The zero-order valence-electron chi connectivity index (χ0n) is 12.7. The summed E-state index contributed by atoms with van der Waals surface area (Å²) in [5.74, 6) is 0. The zero-order chi connectivity index (χ0) is 15.2. The van der Waals surface area contributed by atoms with Gasteiger partial charge in [-0.1, -0.05) is 0 Å². The maximum atomic E-state index is 5.34. The summed E-state index contributed by atoms with van der Waals surface area (Å²) in [4.78, 5) is 0. The Morgan fingerprint density at radius 2 is 2.14 bits per heavy atom. The zero-order valence-corrected chi connectivity index (χ0v) is 13.5. The summed E-state index contributed by atoms with van der Waals surface area (Å²) >= 11 is 5.34. The second-order valence-electron chi connectivity index (χ2n) is 4.82. The first-order chi connectivity index (χ1) is 10.1. The number of aryl methyl sites for hydroxylation is 2. The molecule has 0 aliphatic heterocycles. The maximum Gasteiger partial charge on any atom is 0.167 e. The Kier molecular flexibility index (Phi) is 5.32. The lowest BCUT2D eigenvalue weighted by Crippen LogP contribution is -2.37. The average molecular weight is 306 g/mol. The molecule has 2 N–H and O–H groups in total. The van der Waals surface area contributed by atoms with Gasteiger partial charge < -0.3 is 10.6 Å². The second-order valence-corrected chi connectivity index (χ2v) is 5.23. The molecule has 0 aliphatic rings. The van der Waals surface area contributed by atoms with E-state index in [9.17, 15) is 0 Å². The van der Waals surface area contributed by atoms with Gasteiger partial charge in [-0.25, -0.2) is 0 Å². The van der Waals surface area contributed by atoms with Crippen molar-refractivity contribution in [2.75, 3.05) is 0 Å². The van der Waals surface area contributed by atoms with E-state index in [-0.39, 0.29) is 6.04 Å². The third kappa shape index (κ3) is 4.04. The van der Waals surface area contributed by atoms with Crippen LogP contribution in [-0.4, -0.2) is 24.7 Å². The van der Waals surface area contributed by atoms with Crippen molar-refractivity contribution >= 4 is 17.3 Å². The third-order valence-corrected chi connectivity index (χ3v) is 3.57. The molecule has 0 aromatic carbocycles. The molecular weight excluding hydrogens is 284 g/mol. The number of rotatable bonds is 6. The molecule has 2 aromatic rings. The van der Waals surface area contributed by atoms with Gasteiger partial charge in [-0.15, -0.1) is 0 Å². The fourth-order valence-corrected chi connectivity index (χ4v) is 2.40. The second kappa shape index (κ2) is 7.21. The van der Waals surface area contributed by atoms with E-state index < -0.39 is 0 Å². The van der Waals surface area contributed by atoms with E-state index in [1.165, 1.54) is 0 Å². The molecule has 0 aliphatic carbocycles. The molecule has 0 saturated carbocycles. The molecule has 1 unspecified atom stereocenters. The van der Waals surface area contributed by atoms with E-state index in [4.69, 9.17) is 12.2 Å². The topological polar surface area (TPSA) is 59.7 Å². The molecule has 2 heterocycles. The smallest absolute Gasteiger partial charge is 0.167 e. The van der Waals surface area contributed by atoms with Crippen LogP contribution in [0.3, 0.4) is 0 Å². The van der Waals surface area contributed by atoms with Gasteiger partial charge in [0, 0.05) is 37.6 Å². The molecule has 0 spiro atoms. The molecule has 114 valence electrons. The van der Waals surface area contributed by atoms with Crippen molar-refractivity contribution in [3.05, 3.63) is 35.9 Å². The first kappa shape index (κ1) is 15.5. The van der Waals surface area contributed by atoms with Crippen LogP contribution in [0, 0.1) is 0 Å². The fourth-order valence-electron chi connectivity index (χ4n) is 2.15. The van der Waals surface area contributed by atoms with Crippen molar-refractivity contribution in [1.82, 2.24) is 30.2 Å². The number of aromatic nitrogens is 4. The standard InChI is InChI=1S/C14H22N6S/c1-4-19-10-12(9-17-19)8-15-14(21)18-11(3)13-6-7-16-20(13)5-2/h6-7,9-11H,4-5,8H2,1-3H3,(H2,15,18,21). The van der Waals surface area contributed by atoms with Crippen LogP contribution in [0.5, 0.6) is 0 Å². The SMILES string of the molecule is CCn1cc(CNC(=S)NC(C)c2ccnn2CC)cn1. The highest BCUT2D eigenvalue weighted by Gasteiger charge is 2.11. The van der Waals surface area contributed by atoms with E-state index in [1.807, 2.05) is 34.0 Å². The van der Waals surface area contributed by atoms with Gasteiger partial charge in [0.05, 0.1) is 17.9 Å². The number of thiocarbonyl (C=S) groups is 1. The van der Waals surface area contributed by atoms with Crippen LogP contribution < -0.4 is 10.6 Å². The van der Waals surface area contributed by atoms with E-state index >= 15 is 0 Å². The van der Waals surface area contributed by atoms with Crippen molar-refractivity contribution in [2.45, 2.75) is 46.4 Å². The molecule has 2 rings (SSSR count). The Morgan fingerprint density at radius 3 is 2.81 bits per heavy atom.